The lowest BCUT2D eigenvalue weighted by atomic mass is 10.1. The molecule has 0 unspecified atom stereocenters. The fourth-order valence-corrected chi connectivity index (χ4v) is 2.39. The summed E-state index contributed by atoms with van der Waals surface area (Å²) in [5.74, 6) is 1.07. The zero-order chi connectivity index (χ0) is 17.5. The Labute approximate surface area is 141 Å². The Morgan fingerprint density at radius 1 is 1.00 bits per heavy atom. The maximum atomic E-state index is 12.6. The first-order valence-electron chi connectivity index (χ1n) is 7.48. The number of carbonyl (C=O) groups excluding carboxylic acids is 1. The Bertz CT molecular complexity index is 691. The summed E-state index contributed by atoms with van der Waals surface area (Å²) in [4.78, 5) is 12.6. The predicted molar refractivity (Wildman–Crippen MR) is 93.3 cm³/mol. The molecule has 0 aliphatic rings. The fourth-order valence-electron chi connectivity index (χ4n) is 2.39. The van der Waals surface area contributed by atoms with Crippen LogP contribution in [-0.4, -0.2) is 34.3 Å². The molecule has 0 heterocycles. The predicted octanol–water partition coefficient (Wildman–Crippen LogP) is 2.68. The van der Waals surface area contributed by atoms with E-state index in [4.69, 9.17) is 14.2 Å². The Morgan fingerprint density at radius 3 is 2.17 bits per heavy atom. The van der Waals surface area contributed by atoms with E-state index in [9.17, 15) is 4.79 Å². The molecule has 0 aliphatic heterocycles. The molecule has 0 radical (unpaired) electrons. The standard InChI is InChI=1S/C18H22N2O4/c1-19-11-12-7-5-6-8-14(12)20-18(21)13-9-15(22-2)17(24-4)16(10-13)23-3/h5-10,19H,11H2,1-4H3,(H,20,21). The van der Waals surface area contributed by atoms with E-state index in [1.807, 2.05) is 31.3 Å². The minimum absolute atomic E-state index is 0.252. The molecule has 0 spiro atoms. The number of hydrogen-bond donors (Lipinski definition) is 2. The zero-order valence-electron chi connectivity index (χ0n) is 14.3. The molecule has 24 heavy (non-hydrogen) atoms. The van der Waals surface area contributed by atoms with Crippen LogP contribution >= 0.6 is 0 Å². The minimum atomic E-state index is -0.252. The average Bonchev–Trinajstić information content (AvgIpc) is 2.62. The van der Waals surface area contributed by atoms with E-state index in [-0.39, 0.29) is 5.91 Å². The van der Waals surface area contributed by atoms with Crippen molar-refractivity contribution in [3.05, 3.63) is 47.5 Å². The summed E-state index contributed by atoms with van der Waals surface area (Å²) in [6.07, 6.45) is 0. The fraction of sp³-hybridized carbons (Fsp3) is 0.278. The molecular weight excluding hydrogens is 308 g/mol. The molecule has 128 valence electrons. The first-order chi connectivity index (χ1) is 11.6. The Kier molecular flexibility index (Phi) is 6.03. The van der Waals surface area contributed by atoms with Crippen LogP contribution in [0.4, 0.5) is 5.69 Å². The molecule has 2 N–H and O–H groups in total. The number of methoxy groups -OCH3 is 3. The van der Waals surface area contributed by atoms with Crippen LogP contribution in [0.15, 0.2) is 36.4 Å². The van der Waals surface area contributed by atoms with Crippen molar-refractivity contribution in [2.24, 2.45) is 0 Å². The van der Waals surface area contributed by atoms with Crippen molar-refractivity contribution in [1.29, 1.82) is 0 Å². The van der Waals surface area contributed by atoms with Crippen LogP contribution in [0.2, 0.25) is 0 Å². The van der Waals surface area contributed by atoms with Gasteiger partial charge in [-0.25, -0.2) is 0 Å². The topological polar surface area (TPSA) is 68.8 Å². The molecule has 0 saturated carbocycles. The van der Waals surface area contributed by atoms with Gasteiger partial charge in [0.1, 0.15) is 0 Å². The monoisotopic (exact) mass is 330 g/mol. The first-order valence-corrected chi connectivity index (χ1v) is 7.48. The molecular formula is C18H22N2O4. The second-order valence-electron chi connectivity index (χ2n) is 5.06. The number of rotatable bonds is 7. The highest BCUT2D eigenvalue weighted by atomic mass is 16.5. The first kappa shape index (κ1) is 17.6. The zero-order valence-corrected chi connectivity index (χ0v) is 14.3. The van der Waals surface area contributed by atoms with Gasteiger partial charge in [0.15, 0.2) is 11.5 Å². The van der Waals surface area contributed by atoms with Gasteiger partial charge in [-0.15, -0.1) is 0 Å². The van der Waals surface area contributed by atoms with Gasteiger partial charge in [-0.2, -0.15) is 0 Å². The number of anilines is 1. The van der Waals surface area contributed by atoms with E-state index in [1.165, 1.54) is 21.3 Å². The normalized spacial score (nSPS) is 10.2. The van der Waals surface area contributed by atoms with Gasteiger partial charge in [0.05, 0.1) is 21.3 Å². The largest absolute Gasteiger partial charge is 0.493 e. The molecule has 2 aromatic rings. The van der Waals surface area contributed by atoms with Gasteiger partial charge >= 0.3 is 0 Å². The SMILES string of the molecule is CNCc1ccccc1NC(=O)c1cc(OC)c(OC)c(OC)c1. The van der Waals surface area contributed by atoms with Crippen LogP contribution in [0.3, 0.4) is 0 Å². The average molecular weight is 330 g/mol. The number of ether oxygens (including phenoxy) is 3. The smallest absolute Gasteiger partial charge is 0.255 e. The summed E-state index contributed by atoms with van der Waals surface area (Å²) >= 11 is 0. The lowest BCUT2D eigenvalue weighted by Gasteiger charge is -2.15. The van der Waals surface area contributed by atoms with Gasteiger partial charge in [0, 0.05) is 17.8 Å². The molecule has 2 rings (SSSR count). The van der Waals surface area contributed by atoms with Crippen LogP contribution in [0.1, 0.15) is 15.9 Å². The van der Waals surface area contributed by atoms with Crippen molar-refractivity contribution < 1.29 is 19.0 Å². The van der Waals surface area contributed by atoms with Crippen LogP contribution in [0.5, 0.6) is 17.2 Å². The van der Waals surface area contributed by atoms with Gasteiger partial charge in [0.2, 0.25) is 5.75 Å². The Balaban J connectivity index is 2.33. The molecule has 0 bridgehead atoms. The quantitative estimate of drug-likeness (QED) is 0.817. The number of amides is 1. The number of para-hydroxylation sites is 1. The molecule has 0 atom stereocenters. The van der Waals surface area contributed by atoms with E-state index >= 15 is 0 Å². The summed E-state index contributed by atoms with van der Waals surface area (Å²) in [7, 11) is 6.41. The van der Waals surface area contributed by atoms with Crippen molar-refractivity contribution in [3.8, 4) is 17.2 Å². The second-order valence-corrected chi connectivity index (χ2v) is 5.06. The summed E-state index contributed by atoms with van der Waals surface area (Å²) in [6, 6.07) is 10.9. The highest BCUT2D eigenvalue weighted by molar-refractivity contribution is 6.05. The number of benzene rings is 2. The number of carbonyl (C=O) groups is 1. The summed E-state index contributed by atoms with van der Waals surface area (Å²) < 4.78 is 15.8. The van der Waals surface area contributed by atoms with Crippen molar-refractivity contribution >= 4 is 11.6 Å². The van der Waals surface area contributed by atoms with Crippen LogP contribution in [0.25, 0.3) is 0 Å². The second kappa shape index (κ2) is 8.21. The minimum Gasteiger partial charge on any atom is -0.493 e. The van der Waals surface area contributed by atoms with Gasteiger partial charge in [-0.3, -0.25) is 4.79 Å². The van der Waals surface area contributed by atoms with Crippen molar-refractivity contribution in [2.45, 2.75) is 6.54 Å². The molecule has 2 aromatic carbocycles. The number of nitrogens with one attached hydrogen (secondary N) is 2. The Hall–Kier alpha value is -2.73. The van der Waals surface area contributed by atoms with Gasteiger partial charge in [-0.1, -0.05) is 18.2 Å². The van der Waals surface area contributed by atoms with E-state index in [2.05, 4.69) is 10.6 Å². The molecule has 1 amide bonds. The summed E-state index contributed by atoms with van der Waals surface area (Å²) in [5, 5.41) is 6.00. The molecule has 0 saturated heterocycles. The van der Waals surface area contributed by atoms with Gasteiger partial charge < -0.3 is 24.8 Å². The van der Waals surface area contributed by atoms with Gasteiger partial charge in [-0.05, 0) is 30.8 Å². The van der Waals surface area contributed by atoms with E-state index in [0.717, 1.165) is 11.3 Å². The molecule has 0 fully saturated rings. The van der Waals surface area contributed by atoms with Crippen molar-refractivity contribution in [3.63, 3.8) is 0 Å². The van der Waals surface area contributed by atoms with Gasteiger partial charge in [0.25, 0.3) is 5.91 Å². The van der Waals surface area contributed by atoms with Crippen LogP contribution in [0, 0.1) is 0 Å². The summed E-state index contributed by atoms with van der Waals surface area (Å²) in [6.45, 7) is 0.658. The van der Waals surface area contributed by atoms with E-state index in [1.54, 1.807) is 12.1 Å². The van der Waals surface area contributed by atoms with E-state index < -0.39 is 0 Å². The third-order valence-corrected chi connectivity index (χ3v) is 3.56. The maximum absolute atomic E-state index is 12.6. The van der Waals surface area contributed by atoms with Crippen molar-refractivity contribution in [1.82, 2.24) is 5.32 Å². The summed E-state index contributed by atoms with van der Waals surface area (Å²) in [5.41, 5.74) is 2.18. The van der Waals surface area contributed by atoms with Crippen LogP contribution < -0.4 is 24.8 Å². The van der Waals surface area contributed by atoms with Crippen LogP contribution in [-0.2, 0) is 6.54 Å². The van der Waals surface area contributed by atoms with Crippen molar-refractivity contribution in [2.75, 3.05) is 33.7 Å². The molecule has 6 heteroatoms. The lowest BCUT2D eigenvalue weighted by Crippen LogP contribution is -2.15. The lowest BCUT2D eigenvalue weighted by molar-refractivity contribution is 0.102. The molecule has 0 aliphatic carbocycles. The Morgan fingerprint density at radius 2 is 1.62 bits per heavy atom. The third kappa shape index (κ3) is 3.78. The third-order valence-electron chi connectivity index (χ3n) is 3.56. The molecule has 0 aromatic heterocycles. The van der Waals surface area contributed by atoms with E-state index in [0.29, 0.717) is 29.4 Å². The maximum Gasteiger partial charge on any atom is 0.255 e. The molecule has 6 nitrogen and oxygen atoms in total. The highest BCUT2D eigenvalue weighted by Crippen LogP contribution is 2.38. The highest BCUT2D eigenvalue weighted by Gasteiger charge is 2.17. The number of hydrogen-bond acceptors (Lipinski definition) is 5.